The number of benzene rings is 3. The van der Waals surface area contributed by atoms with Crippen LogP contribution in [0.5, 0.6) is 0 Å². The molecule has 3 aromatic carbocycles. The Labute approximate surface area is 216 Å². The highest BCUT2D eigenvalue weighted by molar-refractivity contribution is 8.15. The van der Waals surface area contributed by atoms with Crippen LogP contribution in [0.1, 0.15) is 44.1 Å². The molecule has 0 bridgehead atoms. The van der Waals surface area contributed by atoms with E-state index in [9.17, 15) is 9.59 Å². The molecular formula is C30H31N3O2S. The van der Waals surface area contributed by atoms with E-state index in [1.807, 2.05) is 73.7 Å². The summed E-state index contributed by atoms with van der Waals surface area (Å²) in [7, 11) is 0. The van der Waals surface area contributed by atoms with E-state index in [0.29, 0.717) is 11.7 Å². The second-order valence-electron chi connectivity index (χ2n) is 9.50. The molecule has 1 unspecified atom stereocenters. The van der Waals surface area contributed by atoms with E-state index in [1.165, 1.54) is 35.7 Å². The van der Waals surface area contributed by atoms with Gasteiger partial charge in [0.2, 0.25) is 11.8 Å². The maximum Gasteiger partial charge on any atom is 0.242 e. The summed E-state index contributed by atoms with van der Waals surface area (Å²) < 4.78 is 0. The smallest absolute Gasteiger partial charge is 0.242 e. The topological polar surface area (TPSA) is 61.8 Å². The van der Waals surface area contributed by atoms with Crippen LogP contribution < -0.4 is 5.32 Å². The first-order valence-corrected chi connectivity index (χ1v) is 13.5. The SMILES string of the molecule is Cc1ccc(N=C2SC(CC(=O)Nc3ccc4ccccc4c3)C(=O)N2CCC2=CCCCC2)cc1. The van der Waals surface area contributed by atoms with Crippen LogP contribution in [0.25, 0.3) is 10.8 Å². The summed E-state index contributed by atoms with van der Waals surface area (Å²) >= 11 is 1.40. The number of fused-ring (bicyclic) bond motifs is 1. The molecule has 0 radical (unpaired) electrons. The van der Waals surface area contributed by atoms with Crippen molar-refractivity contribution >= 4 is 50.9 Å². The summed E-state index contributed by atoms with van der Waals surface area (Å²) in [6.07, 6.45) is 7.99. The van der Waals surface area contributed by atoms with Gasteiger partial charge in [0, 0.05) is 18.7 Å². The number of aryl methyl sites for hydroxylation is 1. The van der Waals surface area contributed by atoms with Gasteiger partial charge in [0.15, 0.2) is 5.17 Å². The normalized spacial score (nSPS) is 19.1. The average molecular weight is 498 g/mol. The Bertz CT molecular complexity index is 1330. The van der Waals surface area contributed by atoms with Crippen molar-refractivity contribution < 1.29 is 9.59 Å². The van der Waals surface area contributed by atoms with Crippen LogP contribution in [0.15, 0.2) is 83.4 Å². The monoisotopic (exact) mass is 497 g/mol. The number of carbonyl (C=O) groups excluding carboxylic acids is 2. The fraction of sp³-hybridized carbons (Fsp3) is 0.300. The number of allylic oxidation sites excluding steroid dienone is 1. The summed E-state index contributed by atoms with van der Waals surface area (Å²) in [5, 5.41) is 5.38. The first-order valence-electron chi connectivity index (χ1n) is 12.6. The fourth-order valence-corrected chi connectivity index (χ4v) is 5.88. The van der Waals surface area contributed by atoms with Crippen LogP contribution >= 0.6 is 11.8 Å². The minimum absolute atomic E-state index is 0.0315. The van der Waals surface area contributed by atoms with Gasteiger partial charge in [0.05, 0.1) is 5.69 Å². The van der Waals surface area contributed by atoms with Crippen molar-refractivity contribution in [1.29, 1.82) is 0 Å². The summed E-state index contributed by atoms with van der Waals surface area (Å²) in [6.45, 7) is 2.64. The quantitative estimate of drug-likeness (QED) is 0.358. The number of aliphatic imine (C=N–C) groups is 1. The first-order chi connectivity index (χ1) is 17.5. The maximum atomic E-state index is 13.4. The zero-order valence-corrected chi connectivity index (χ0v) is 21.4. The Hall–Kier alpha value is -3.38. The highest BCUT2D eigenvalue weighted by atomic mass is 32.2. The number of carbonyl (C=O) groups is 2. The summed E-state index contributed by atoms with van der Waals surface area (Å²) in [4.78, 5) is 32.9. The Kier molecular flexibility index (Phi) is 7.52. The van der Waals surface area contributed by atoms with Crippen molar-refractivity contribution in [2.24, 2.45) is 4.99 Å². The van der Waals surface area contributed by atoms with Crippen LogP contribution in [0, 0.1) is 6.92 Å². The molecule has 1 N–H and O–H groups in total. The highest BCUT2D eigenvalue weighted by Gasteiger charge is 2.39. The van der Waals surface area contributed by atoms with Crippen molar-refractivity contribution in [3.63, 3.8) is 0 Å². The number of nitrogens with zero attached hydrogens (tertiary/aromatic N) is 2. The zero-order chi connectivity index (χ0) is 24.9. The molecule has 1 heterocycles. The van der Waals surface area contributed by atoms with Gasteiger partial charge in [-0.1, -0.05) is 71.4 Å². The fourth-order valence-electron chi connectivity index (χ4n) is 4.70. The molecule has 0 saturated carbocycles. The van der Waals surface area contributed by atoms with Crippen molar-refractivity contribution in [2.75, 3.05) is 11.9 Å². The molecule has 5 rings (SSSR count). The maximum absolute atomic E-state index is 13.4. The lowest BCUT2D eigenvalue weighted by Crippen LogP contribution is -2.34. The highest BCUT2D eigenvalue weighted by Crippen LogP contribution is 2.33. The largest absolute Gasteiger partial charge is 0.326 e. The molecule has 1 atom stereocenters. The van der Waals surface area contributed by atoms with Crippen LogP contribution in [0.4, 0.5) is 11.4 Å². The lowest BCUT2D eigenvalue weighted by atomic mass is 9.97. The van der Waals surface area contributed by atoms with E-state index in [1.54, 1.807) is 4.90 Å². The number of amides is 2. The number of hydrogen-bond acceptors (Lipinski definition) is 4. The molecule has 2 amide bonds. The lowest BCUT2D eigenvalue weighted by Gasteiger charge is -2.19. The molecule has 0 aromatic heterocycles. The van der Waals surface area contributed by atoms with E-state index in [0.717, 1.165) is 41.4 Å². The van der Waals surface area contributed by atoms with Gasteiger partial charge in [-0.3, -0.25) is 14.5 Å². The van der Waals surface area contributed by atoms with Gasteiger partial charge in [0.1, 0.15) is 5.25 Å². The summed E-state index contributed by atoms with van der Waals surface area (Å²) in [5.74, 6) is -0.196. The number of nitrogens with one attached hydrogen (secondary N) is 1. The third kappa shape index (κ3) is 5.88. The molecular weight excluding hydrogens is 466 g/mol. The van der Waals surface area contributed by atoms with Crippen molar-refractivity contribution in [1.82, 2.24) is 4.90 Å². The Morgan fingerprint density at radius 1 is 1.06 bits per heavy atom. The summed E-state index contributed by atoms with van der Waals surface area (Å²) in [5.41, 5.74) is 4.15. The van der Waals surface area contributed by atoms with Gasteiger partial charge < -0.3 is 5.32 Å². The number of anilines is 1. The number of hydrogen-bond donors (Lipinski definition) is 1. The Morgan fingerprint density at radius 3 is 2.64 bits per heavy atom. The average Bonchev–Trinajstić information content (AvgIpc) is 3.18. The van der Waals surface area contributed by atoms with Crippen molar-refractivity contribution in [2.45, 2.75) is 50.7 Å². The zero-order valence-electron chi connectivity index (χ0n) is 20.6. The molecule has 184 valence electrons. The van der Waals surface area contributed by atoms with Gasteiger partial charge in [0.25, 0.3) is 0 Å². The van der Waals surface area contributed by atoms with Gasteiger partial charge in [-0.25, -0.2) is 4.99 Å². The number of amidine groups is 1. The lowest BCUT2D eigenvalue weighted by molar-refractivity contribution is -0.128. The predicted octanol–water partition coefficient (Wildman–Crippen LogP) is 7.00. The molecule has 1 aliphatic heterocycles. The third-order valence-corrected chi connectivity index (χ3v) is 7.90. The Balaban J connectivity index is 1.30. The molecule has 5 nitrogen and oxygen atoms in total. The molecule has 1 saturated heterocycles. The summed E-state index contributed by atoms with van der Waals surface area (Å²) in [6, 6.07) is 21.9. The van der Waals surface area contributed by atoms with Crippen LogP contribution in [-0.2, 0) is 9.59 Å². The van der Waals surface area contributed by atoms with Crippen LogP contribution in [0.3, 0.4) is 0 Å². The van der Waals surface area contributed by atoms with Gasteiger partial charge in [-0.15, -0.1) is 0 Å². The van der Waals surface area contributed by atoms with E-state index in [-0.39, 0.29) is 18.2 Å². The molecule has 0 spiro atoms. The second-order valence-corrected chi connectivity index (χ2v) is 10.7. The van der Waals surface area contributed by atoms with Crippen molar-refractivity contribution in [3.05, 3.63) is 83.9 Å². The van der Waals surface area contributed by atoms with E-state index in [2.05, 4.69) is 11.4 Å². The standard InChI is InChI=1S/C30H31N3O2S/c1-21-11-14-25(15-12-21)32-30-33(18-17-22-7-3-2-4-8-22)29(35)27(36-30)20-28(34)31-26-16-13-23-9-5-6-10-24(23)19-26/h5-7,9-16,19,27H,2-4,8,17-18,20H2,1H3,(H,31,34). The van der Waals surface area contributed by atoms with Gasteiger partial charge in [-0.2, -0.15) is 0 Å². The number of thioether (sulfide) groups is 1. The second kappa shape index (κ2) is 11.1. The number of rotatable bonds is 7. The van der Waals surface area contributed by atoms with Crippen LogP contribution in [0.2, 0.25) is 0 Å². The van der Waals surface area contributed by atoms with Gasteiger partial charge in [-0.05, 0) is 74.1 Å². The molecule has 3 aromatic rings. The predicted molar refractivity (Wildman–Crippen MR) is 150 cm³/mol. The van der Waals surface area contributed by atoms with E-state index in [4.69, 9.17) is 4.99 Å². The molecule has 6 heteroatoms. The van der Waals surface area contributed by atoms with Crippen molar-refractivity contribution in [3.8, 4) is 0 Å². The Morgan fingerprint density at radius 2 is 1.86 bits per heavy atom. The molecule has 1 fully saturated rings. The molecule has 1 aliphatic carbocycles. The molecule has 36 heavy (non-hydrogen) atoms. The first kappa shape index (κ1) is 24.3. The van der Waals surface area contributed by atoms with Gasteiger partial charge >= 0.3 is 0 Å². The minimum Gasteiger partial charge on any atom is -0.326 e. The minimum atomic E-state index is -0.477. The third-order valence-electron chi connectivity index (χ3n) is 6.72. The van der Waals surface area contributed by atoms with E-state index < -0.39 is 5.25 Å². The van der Waals surface area contributed by atoms with Crippen LogP contribution in [-0.4, -0.2) is 33.7 Å². The molecule has 2 aliphatic rings. The van der Waals surface area contributed by atoms with E-state index >= 15 is 0 Å².